The first-order valence-electron chi connectivity index (χ1n) is 6.89. The second-order valence-electron chi connectivity index (χ2n) is 5.07. The highest BCUT2D eigenvalue weighted by molar-refractivity contribution is 5.83. The topological polar surface area (TPSA) is 54.9 Å². The van der Waals surface area contributed by atoms with Gasteiger partial charge in [0.05, 0.1) is 6.20 Å². The molecule has 0 saturated carbocycles. The summed E-state index contributed by atoms with van der Waals surface area (Å²) in [4.78, 5) is 27.5. The molecule has 0 aliphatic heterocycles. The molecule has 0 unspecified atom stereocenters. The van der Waals surface area contributed by atoms with Crippen molar-refractivity contribution in [2.24, 2.45) is 0 Å². The molecule has 105 valence electrons. The van der Waals surface area contributed by atoms with Crippen LogP contribution >= 0.6 is 0 Å². The summed E-state index contributed by atoms with van der Waals surface area (Å²) >= 11 is 0. The van der Waals surface area contributed by atoms with Gasteiger partial charge in [-0.15, -0.1) is 0 Å². The second-order valence-corrected chi connectivity index (χ2v) is 5.07. The van der Waals surface area contributed by atoms with Gasteiger partial charge in [0.15, 0.2) is 0 Å². The molecule has 0 amide bonds. The van der Waals surface area contributed by atoms with E-state index in [-0.39, 0.29) is 11.1 Å². The third-order valence-electron chi connectivity index (χ3n) is 3.72. The van der Waals surface area contributed by atoms with Crippen molar-refractivity contribution in [2.75, 3.05) is 0 Å². The Morgan fingerprint density at radius 1 is 0.864 bits per heavy atom. The largest absolute Gasteiger partial charge is 0.308 e. The van der Waals surface area contributed by atoms with E-state index in [9.17, 15) is 9.59 Å². The number of aromatic amines is 1. The van der Waals surface area contributed by atoms with Crippen molar-refractivity contribution in [1.82, 2.24) is 9.55 Å². The lowest BCUT2D eigenvalue weighted by Gasteiger charge is -2.07. The molecule has 0 saturated heterocycles. The van der Waals surface area contributed by atoms with E-state index in [1.54, 1.807) is 24.3 Å². The maximum Gasteiger partial charge on any atom is 0.264 e. The van der Waals surface area contributed by atoms with Crippen molar-refractivity contribution in [1.29, 1.82) is 0 Å². The summed E-state index contributed by atoms with van der Waals surface area (Å²) < 4.78 is 1.34. The first kappa shape index (κ1) is 12.6. The fourth-order valence-electron chi connectivity index (χ4n) is 2.63. The molecule has 0 aliphatic carbocycles. The molecule has 1 radical (unpaired) electrons. The maximum absolute atomic E-state index is 12.6. The minimum Gasteiger partial charge on any atom is -0.308 e. The van der Waals surface area contributed by atoms with Gasteiger partial charge in [0.1, 0.15) is 5.82 Å². The highest BCUT2D eigenvalue weighted by Crippen LogP contribution is 2.13. The van der Waals surface area contributed by atoms with E-state index in [1.807, 2.05) is 36.4 Å². The van der Waals surface area contributed by atoms with Crippen LogP contribution in [0.3, 0.4) is 0 Å². The number of hydrogen-bond acceptors (Lipinski definition) is 2. The number of rotatable bonds is 1. The number of benzene rings is 2. The molecule has 0 spiro atoms. The molecule has 2 aromatic carbocycles. The van der Waals surface area contributed by atoms with Gasteiger partial charge in [0, 0.05) is 10.8 Å². The number of nitrogens with zero attached hydrogens (tertiary/aromatic N) is 1. The summed E-state index contributed by atoms with van der Waals surface area (Å²) in [6, 6.07) is 18.1. The average molecular weight is 287 g/mol. The molecule has 0 fully saturated rings. The predicted molar refractivity (Wildman–Crippen MR) is 86.5 cm³/mol. The van der Waals surface area contributed by atoms with Crippen molar-refractivity contribution in [3.05, 3.63) is 87.6 Å². The second kappa shape index (κ2) is 4.70. The van der Waals surface area contributed by atoms with Gasteiger partial charge in [-0.25, -0.2) is 0 Å². The molecule has 1 N–H and O–H groups in total. The Morgan fingerprint density at radius 3 is 2.36 bits per heavy atom. The Balaban J connectivity index is 2.05. The highest BCUT2D eigenvalue weighted by atomic mass is 16.1. The summed E-state index contributed by atoms with van der Waals surface area (Å²) in [5.74, 6) is 0.416. The summed E-state index contributed by atoms with van der Waals surface area (Å²) in [6.45, 7) is 0. The van der Waals surface area contributed by atoms with Crippen LogP contribution in [0.4, 0.5) is 0 Å². The van der Waals surface area contributed by atoms with Crippen molar-refractivity contribution < 1.29 is 0 Å². The number of H-pyrrole nitrogens is 1. The number of aromatic nitrogens is 2. The Morgan fingerprint density at radius 2 is 1.55 bits per heavy atom. The Kier molecular flexibility index (Phi) is 2.69. The lowest BCUT2D eigenvalue weighted by molar-refractivity contribution is 0.942. The van der Waals surface area contributed by atoms with Gasteiger partial charge >= 0.3 is 0 Å². The van der Waals surface area contributed by atoms with E-state index in [1.165, 1.54) is 4.57 Å². The van der Waals surface area contributed by atoms with Crippen LogP contribution in [0.1, 0.15) is 0 Å². The average Bonchev–Trinajstić information content (AvgIpc) is 2.55. The normalized spacial score (nSPS) is 11.1. The summed E-state index contributed by atoms with van der Waals surface area (Å²) in [7, 11) is 0. The zero-order chi connectivity index (χ0) is 15.1. The number of hydrogen-bond donors (Lipinski definition) is 1. The summed E-state index contributed by atoms with van der Waals surface area (Å²) in [5.41, 5.74) is -0.425. The van der Waals surface area contributed by atoms with Crippen LogP contribution in [0, 0.1) is 6.20 Å². The van der Waals surface area contributed by atoms with E-state index in [0.717, 1.165) is 10.8 Å². The van der Waals surface area contributed by atoms with Crippen molar-refractivity contribution in [3.8, 4) is 5.82 Å². The lowest BCUT2D eigenvalue weighted by Crippen LogP contribution is -2.21. The number of fused-ring (bicyclic) bond motifs is 2. The van der Waals surface area contributed by atoms with Crippen molar-refractivity contribution >= 4 is 21.5 Å². The molecule has 4 rings (SSSR count). The molecule has 0 bridgehead atoms. The van der Waals surface area contributed by atoms with Crippen LogP contribution in [0.15, 0.2) is 70.3 Å². The molecule has 22 heavy (non-hydrogen) atoms. The summed E-state index contributed by atoms with van der Waals surface area (Å²) in [5, 5.41) is 2.80. The van der Waals surface area contributed by atoms with Gasteiger partial charge in [-0.2, -0.15) is 0 Å². The smallest absolute Gasteiger partial charge is 0.264 e. The number of pyridine rings is 2. The Hall–Kier alpha value is -3.14. The lowest BCUT2D eigenvalue weighted by atomic mass is 10.1. The van der Waals surface area contributed by atoms with Gasteiger partial charge < -0.3 is 4.98 Å². The van der Waals surface area contributed by atoms with Crippen molar-refractivity contribution in [3.63, 3.8) is 0 Å². The minimum absolute atomic E-state index is 0.205. The fraction of sp³-hybridized carbons (Fsp3) is 0. The monoisotopic (exact) mass is 287 g/mol. The summed E-state index contributed by atoms with van der Waals surface area (Å²) in [6.07, 6.45) is 2.92. The highest BCUT2D eigenvalue weighted by Gasteiger charge is 2.07. The van der Waals surface area contributed by atoms with Gasteiger partial charge in [-0.1, -0.05) is 36.4 Å². The predicted octanol–water partition coefficient (Wildman–Crippen LogP) is 2.63. The fourth-order valence-corrected chi connectivity index (χ4v) is 2.63. The zero-order valence-electron chi connectivity index (χ0n) is 11.5. The van der Waals surface area contributed by atoms with E-state index in [0.29, 0.717) is 16.6 Å². The number of nitrogens with one attached hydrogen (secondary N) is 1. The SMILES string of the molecule is O=c1[nH]c(-n2[c]cc3ccccc3c2=O)cc2ccccc12. The zero-order valence-corrected chi connectivity index (χ0v) is 11.5. The van der Waals surface area contributed by atoms with Crippen LogP contribution in [0.2, 0.25) is 0 Å². The van der Waals surface area contributed by atoms with E-state index >= 15 is 0 Å². The van der Waals surface area contributed by atoms with Crippen LogP contribution in [0.25, 0.3) is 27.4 Å². The standard InChI is InChI=1S/C18H11N2O2/c21-17-14-7-3-2-6-13(14)11-16(19-17)20-10-9-12-5-1-4-8-15(12)18(20)22/h1-9,11H,(H,19,21). The minimum atomic E-state index is -0.221. The van der Waals surface area contributed by atoms with E-state index in [4.69, 9.17) is 0 Å². The molecular weight excluding hydrogens is 276 g/mol. The molecule has 2 aromatic heterocycles. The molecular formula is C18H11N2O2. The van der Waals surface area contributed by atoms with Gasteiger partial charge in [0.25, 0.3) is 11.1 Å². The molecule has 4 nitrogen and oxygen atoms in total. The third kappa shape index (κ3) is 1.85. The van der Waals surface area contributed by atoms with E-state index < -0.39 is 0 Å². The van der Waals surface area contributed by atoms with Gasteiger partial charge in [-0.3, -0.25) is 14.2 Å². The van der Waals surface area contributed by atoms with Crippen LogP contribution in [-0.4, -0.2) is 9.55 Å². The van der Waals surface area contributed by atoms with E-state index in [2.05, 4.69) is 11.2 Å². The van der Waals surface area contributed by atoms with Crippen LogP contribution < -0.4 is 11.1 Å². The molecule has 2 heterocycles. The van der Waals surface area contributed by atoms with Crippen molar-refractivity contribution in [2.45, 2.75) is 0 Å². The Labute approximate surface area is 125 Å². The first-order chi connectivity index (χ1) is 10.7. The van der Waals surface area contributed by atoms with Crippen LogP contribution in [0.5, 0.6) is 0 Å². The van der Waals surface area contributed by atoms with Gasteiger partial charge in [0.2, 0.25) is 0 Å². The molecule has 4 heteroatoms. The maximum atomic E-state index is 12.6. The van der Waals surface area contributed by atoms with Gasteiger partial charge in [-0.05, 0) is 35.0 Å². The molecule has 0 atom stereocenters. The third-order valence-corrected chi connectivity index (χ3v) is 3.72. The molecule has 0 aliphatic rings. The Bertz CT molecular complexity index is 1120. The van der Waals surface area contributed by atoms with Crippen LogP contribution in [-0.2, 0) is 0 Å². The first-order valence-corrected chi connectivity index (χ1v) is 6.89. The molecule has 4 aromatic rings. The quantitative estimate of drug-likeness (QED) is 0.585.